The van der Waals surface area contributed by atoms with Crippen molar-refractivity contribution >= 4 is 0 Å². The summed E-state index contributed by atoms with van der Waals surface area (Å²) in [7, 11) is 1.96. The lowest BCUT2D eigenvalue weighted by Gasteiger charge is -2.16. The van der Waals surface area contributed by atoms with Crippen molar-refractivity contribution in [2.75, 3.05) is 13.6 Å². The molecule has 0 radical (unpaired) electrons. The minimum absolute atomic E-state index is 0.403. The highest BCUT2D eigenvalue weighted by atomic mass is 16.3. The maximum absolute atomic E-state index is 5.34. The van der Waals surface area contributed by atoms with E-state index in [9.17, 15) is 0 Å². The van der Waals surface area contributed by atoms with Crippen LogP contribution in [0.15, 0.2) is 22.8 Å². The molecule has 2 rings (SSSR count). The summed E-state index contributed by atoms with van der Waals surface area (Å²) in [5, 5.41) is 3.19. The average molecular weight is 245 g/mol. The van der Waals surface area contributed by atoms with Gasteiger partial charge >= 0.3 is 0 Å². The van der Waals surface area contributed by atoms with Crippen LogP contribution in [0.3, 0.4) is 0 Å². The highest BCUT2D eigenvalue weighted by Crippen LogP contribution is 2.24. The number of aryl methyl sites for hydroxylation is 2. The fourth-order valence-electron chi connectivity index (χ4n) is 2.36. The Bertz CT molecular complexity index is 497. The van der Waals surface area contributed by atoms with Crippen molar-refractivity contribution in [3.8, 4) is 11.6 Å². The van der Waals surface area contributed by atoms with Crippen LogP contribution in [-0.2, 0) is 0 Å². The SMILES string of the molecule is CNCC(C)c1c(C)nc(-c2ccco2)nc1C. The van der Waals surface area contributed by atoms with Crippen molar-refractivity contribution in [2.24, 2.45) is 0 Å². The number of furan rings is 1. The predicted octanol–water partition coefficient (Wildman–Crippen LogP) is 2.68. The maximum atomic E-state index is 5.34. The Morgan fingerprint density at radius 3 is 2.44 bits per heavy atom. The van der Waals surface area contributed by atoms with Crippen LogP contribution in [-0.4, -0.2) is 23.6 Å². The smallest absolute Gasteiger partial charge is 0.196 e. The van der Waals surface area contributed by atoms with Gasteiger partial charge in [-0.15, -0.1) is 0 Å². The molecule has 0 fully saturated rings. The van der Waals surface area contributed by atoms with Gasteiger partial charge in [0.2, 0.25) is 0 Å². The molecule has 96 valence electrons. The van der Waals surface area contributed by atoms with E-state index >= 15 is 0 Å². The monoisotopic (exact) mass is 245 g/mol. The van der Waals surface area contributed by atoms with Gasteiger partial charge in [0.05, 0.1) is 6.26 Å². The van der Waals surface area contributed by atoms with Gasteiger partial charge in [0.15, 0.2) is 11.6 Å². The zero-order chi connectivity index (χ0) is 13.1. The fourth-order valence-corrected chi connectivity index (χ4v) is 2.36. The zero-order valence-corrected chi connectivity index (χ0v) is 11.3. The van der Waals surface area contributed by atoms with Crippen molar-refractivity contribution in [3.05, 3.63) is 35.3 Å². The Hall–Kier alpha value is -1.68. The lowest BCUT2D eigenvalue weighted by atomic mass is 9.98. The second-order valence-corrected chi connectivity index (χ2v) is 4.57. The van der Waals surface area contributed by atoms with Crippen molar-refractivity contribution in [1.29, 1.82) is 0 Å². The third kappa shape index (κ3) is 2.43. The molecule has 1 N–H and O–H groups in total. The summed E-state index contributed by atoms with van der Waals surface area (Å²) in [6.07, 6.45) is 1.64. The molecule has 4 heteroatoms. The van der Waals surface area contributed by atoms with Crippen LogP contribution >= 0.6 is 0 Å². The molecule has 0 aliphatic heterocycles. The van der Waals surface area contributed by atoms with Gasteiger partial charge in [-0.1, -0.05) is 6.92 Å². The third-order valence-corrected chi connectivity index (χ3v) is 3.07. The van der Waals surface area contributed by atoms with Crippen LogP contribution in [0.1, 0.15) is 29.8 Å². The van der Waals surface area contributed by atoms with Gasteiger partial charge in [-0.05, 0) is 44.5 Å². The fraction of sp³-hybridized carbons (Fsp3) is 0.429. The van der Waals surface area contributed by atoms with E-state index in [2.05, 4.69) is 22.2 Å². The van der Waals surface area contributed by atoms with Gasteiger partial charge in [0, 0.05) is 17.9 Å². The maximum Gasteiger partial charge on any atom is 0.196 e. The molecule has 1 unspecified atom stereocenters. The number of rotatable bonds is 4. The van der Waals surface area contributed by atoms with Gasteiger partial charge in [-0.25, -0.2) is 9.97 Å². The highest BCUT2D eigenvalue weighted by molar-refractivity contribution is 5.48. The van der Waals surface area contributed by atoms with E-state index in [0.29, 0.717) is 17.5 Å². The Morgan fingerprint density at radius 2 is 1.94 bits per heavy atom. The highest BCUT2D eigenvalue weighted by Gasteiger charge is 2.16. The first-order valence-electron chi connectivity index (χ1n) is 6.17. The molecule has 0 saturated carbocycles. The molecule has 0 bridgehead atoms. The molecule has 0 aliphatic carbocycles. The van der Waals surface area contributed by atoms with Crippen LogP contribution in [0, 0.1) is 13.8 Å². The Labute approximate surface area is 107 Å². The van der Waals surface area contributed by atoms with Gasteiger partial charge in [0.25, 0.3) is 0 Å². The van der Waals surface area contributed by atoms with Crippen LogP contribution in [0.4, 0.5) is 0 Å². The molecular weight excluding hydrogens is 226 g/mol. The van der Waals surface area contributed by atoms with Gasteiger partial charge in [-0.2, -0.15) is 0 Å². The Kier molecular flexibility index (Phi) is 3.77. The number of likely N-dealkylation sites (N-methyl/N-ethyl adjacent to an activating group) is 1. The first kappa shape index (κ1) is 12.8. The molecule has 0 aliphatic rings. The Balaban J connectivity index is 2.41. The molecule has 2 aromatic rings. The molecule has 2 heterocycles. The second-order valence-electron chi connectivity index (χ2n) is 4.57. The van der Waals surface area contributed by atoms with Gasteiger partial charge in [0.1, 0.15) is 0 Å². The molecule has 0 amide bonds. The second kappa shape index (κ2) is 5.31. The largest absolute Gasteiger partial charge is 0.461 e. The zero-order valence-electron chi connectivity index (χ0n) is 11.3. The summed E-state index contributed by atoms with van der Waals surface area (Å²) in [5.74, 6) is 1.78. The summed E-state index contributed by atoms with van der Waals surface area (Å²) in [6.45, 7) is 7.16. The van der Waals surface area contributed by atoms with E-state index in [1.54, 1.807) is 6.26 Å². The standard InChI is InChI=1S/C14H19N3O/c1-9(8-15-4)13-10(2)16-14(17-11(13)3)12-6-5-7-18-12/h5-7,9,15H,8H2,1-4H3. The molecule has 1 atom stereocenters. The van der Waals surface area contributed by atoms with Crippen molar-refractivity contribution in [3.63, 3.8) is 0 Å². The average Bonchev–Trinajstić information content (AvgIpc) is 2.81. The summed E-state index contributed by atoms with van der Waals surface area (Å²) < 4.78 is 5.34. The predicted molar refractivity (Wildman–Crippen MR) is 71.5 cm³/mol. The van der Waals surface area contributed by atoms with Crippen molar-refractivity contribution in [2.45, 2.75) is 26.7 Å². The van der Waals surface area contributed by atoms with E-state index in [4.69, 9.17) is 4.42 Å². The van der Waals surface area contributed by atoms with Crippen molar-refractivity contribution in [1.82, 2.24) is 15.3 Å². The first-order valence-corrected chi connectivity index (χ1v) is 6.17. The minimum Gasteiger partial charge on any atom is -0.461 e. The van der Waals surface area contributed by atoms with Gasteiger partial charge in [-0.3, -0.25) is 0 Å². The summed E-state index contributed by atoms with van der Waals surface area (Å²) >= 11 is 0. The first-order chi connectivity index (χ1) is 8.63. The van der Waals surface area contributed by atoms with Gasteiger partial charge < -0.3 is 9.73 Å². The summed E-state index contributed by atoms with van der Waals surface area (Å²) in [4.78, 5) is 9.09. The van der Waals surface area contributed by atoms with Crippen LogP contribution in [0.25, 0.3) is 11.6 Å². The molecule has 0 aromatic carbocycles. The number of hydrogen-bond donors (Lipinski definition) is 1. The van der Waals surface area contributed by atoms with Crippen LogP contribution in [0.2, 0.25) is 0 Å². The molecular formula is C14H19N3O. The van der Waals surface area contributed by atoms with E-state index in [-0.39, 0.29) is 0 Å². The quantitative estimate of drug-likeness (QED) is 0.899. The lowest BCUT2D eigenvalue weighted by molar-refractivity contribution is 0.575. The van der Waals surface area contributed by atoms with E-state index in [1.165, 1.54) is 5.56 Å². The van der Waals surface area contributed by atoms with E-state index in [1.807, 2.05) is 33.0 Å². The number of nitrogens with one attached hydrogen (secondary N) is 1. The van der Waals surface area contributed by atoms with Crippen LogP contribution in [0.5, 0.6) is 0 Å². The van der Waals surface area contributed by atoms with Crippen molar-refractivity contribution < 1.29 is 4.42 Å². The van der Waals surface area contributed by atoms with Crippen LogP contribution < -0.4 is 5.32 Å². The molecule has 0 saturated heterocycles. The number of aromatic nitrogens is 2. The Morgan fingerprint density at radius 1 is 1.28 bits per heavy atom. The lowest BCUT2D eigenvalue weighted by Crippen LogP contribution is -2.17. The molecule has 4 nitrogen and oxygen atoms in total. The normalized spacial score (nSPS) is 12.7. The summed E-state index contributed by atoms with van der Waals surface area (Å²) in [5.41, 5.74) is 3.27. The third-order valence-electron chi connectivity index (χ3n) is 3.07. The number of nitrogens with zero attached hydrogens (tertiary/aromatic N) is 2. The molecule has 18 heavy (non-hydrogen) atoms. The molecule has 0 spiro atoms. The summed E-state index contributed by atoms with van der Waals surface area (Å²) in [6, 6.07) is 3.73. The van der Waals surface area contributed by atoms with E-state index < -0.39 is 0 Å². The topological polar surface area (TPSA) is 51.0 Å². The van der Waals surface area contributed by atoms with E-state index in [0.717, 1.165) is 17.9 Å². The number of hydrogen-bond acceptors (Lipinski definition) is 4. The molecule has 2 aromatic heterocycles. The minimum atomic E-state index is 0.403.